The first-order valence-corrected chi connectivity index (χ1v) is 5.17. The predicted octanol–water partition coefficient (Wildman–Crippen LogP) is -0.705. The first kappa shape index (κ1) is 8.52. The zero-order valence-corrected chi connectivity index (χ0v) is 7.10. The summed E-state index contributed by atoms with van der Waals surface area (Å²) in [6.07, 6.45) is 0.388. The van der Waals surface area contributed by atoms with Crippen LogP contribution in [0.3, 0.4) is 0 Å². The third-order valence-electron chi connectivity index (χ3n) is 2.21. The van der Waals surface area contributed by atoms with Crippen LogP contribution in [0.4, 0.5) is 0 Å². The van der Waals surface area contributed by atoms with Crippen LogP contribution in [-0.2, 0) is 14.6 Å². The molecule has 1 amide bonds. The van der Waals surface area contributed by atoms with Crippen molar-refractivity contribution in [1.29, 1.82) is 0 Å². The fourth-order valence-corrected chi connectivity index (χ4v) is 3.06. The molecule has 2 unspecified atom stereocenters. The number of rotatable bonds is 1. The monoisotopic (exact) mass is 177 g/mol. The maximum atomic E-state index is 11.1. The summed E-state index contributed by atoms with van der Waals surface area (Å²) in [5.74, 6) is -0.875. The Balaban J connectivity index is 2.88. The summed E-state index contributed by atoms with van der Waals surface area (Å²) in [4.78, 5) is 10.7. The van der Waals surface area contributed by atoms with E-state index in [1.54, 1.807) is 0 Å². The molecule has 0 saturated carbocycles. The van der Waals surface area contributed by atoms with Gasteiger partial charge in [-0.15, -0.1) is 0 Å². The number of hydrogen-bond donors (Lipinski definition) is 1. The van der Waals surface area contributed by atoms with E-state index in [1.165, 1.54) is 6.92 Å². The van der Waals surface area contributed by atoms with Gasteiger partial charge in [-0.2, -0.15) is 0 Å². The van der Waals surface area contributed by atoms with E-state index in [0.717, 1.165) is 0 Å². The van der Waals surface area contributed by atoms with Gasteiger partial charge in [0, 0.05) is 0 Å². The van der Waals surface area contributed by atoms with Crippen molar-refractivity contribution in [3.63, 3.8) is 0 Å². The lowest BCUT2D eigenvalue weighted by Gasteiger charge is -2.08. The maximum Gasteiger partial charge on any atom is 0.221 e. The molecule has 1 rings (SSSR count). The SMILES string of the molecule is CC1C(C(N)=O)CCS1(=O)=O. The molecular formula is C6H11NO3S. The van der Waals surface area contributed by atoms with E-state index in [1.807, 2.05) is 0 Å². The minimum absolute atomic E-state index is 0.0990. The number of sulfone groups is 1. The smallest absolute Gasteiger partial charge is 0.221 e. The zero-order chi connectivity index (χ0) is 8.65. The summed E-state index contributed by atoms with van der Waals surface area (Å²) in [6.45, 7) is 1.54. The lowest BCUT2D eigenvalue weighted by atomic mass is 10.0. The summed E-state index contributed by atoms with van der Waals surface area (Å²) >= 11 is 0. The molecule has 2 atom stereocenters. The van der Waals surface area contributed by atoms with Crippen molar-refractivity contribution in [2.24, 2.45) is 11.7 Å². The van der Waals surface area contributed by atoms with Crippen molar-refractivity contribution in [2.75, 3.05) is 5.75 Å². The minimum atomic E-state index is -3.02. The van der Waals surface area contributed by atoms with Gasteiger partial charge in [-0.05, 0) is 13.3 Å². The van der Waals surface area contributed by atoms with Crippen molar-refractivity contribution in [3.05, 3.63) is 0 Å². The van der Waals surface area contributed by atoms with Crippen LogP contribution in [0.25, 0.3) is 0 Å². The Hall–Kier alpha value is -0.580. The van der Waals surface area contributed by atoms with E-state index in [4.69, 9.17) is 5.73 Å². The average molecular weight is 177 g/mol. The number of carbonyl (C=O) groups excluding carboxylic acids is 1. The van der Waals surface area contributed by atoms with Gasteiger partial charge in [-0.3, -0.25) is 4.79 Å². The normalized spacial score (nSPS) is 35.4. The molecule has 5 heteroatoms. The predicted molar refractivity (Wildman–Crippen MR) is 40.6 cm³/mol. The fraction of sp³-hybridized carbons (Fsp3) is 0.833. The molecule has 1 saturated heterocycles. The fourth-order valence-electron chi connectivity index (χ4n) is 1.34. The summed E-state index contributed by atoms with van der Waals surface area (Å²) in [7, 11) is -3.02. The van der Waals surface area contributed by atoms with E-state index in [2.05, 4.69) is 0 Å². The molecule has 1 heterocycles. The Morgan fingerprint density at radius 3 is 2.27 bits per heavy atom. The lowest BCUT2D eigenvalue weighted by Crippen LogP contribution is -2.30. The number of carbonyl (C=O) groups is 1. The molecule has 0 radical (unpaired) electrons. The lowest BCUT2D eigenvalue weighted by molar-refractivity contribution is -0.121. The van der Waals surface area contributed by atoms with Crippen molar-refractivity contribution in [1.82, 2.24) is 0 Å². The standard InChI is InChI=1S/C6H11NO3S/c1-4-5(6(7)8)2-3-11(4,9)10/h4-5H,2-3H2,1H3,(H2,7,8). The summed E-state index contributed by atoms with van der Waals surface area (Å²) in [6, 6.07) is 0. The quantitative estimate of drug-likeness (QED) is 0.575. The van der Waals surface area contributed by atoms with E-state index >= 15 is 0 Å². The molecule has 0 aromatic rings. The van der Waals surface area contributed by atoms with Crippen molar-refractivity contribution in [2.45, 2.75) is 18.6 Å². The van der Waals surface area contributed by atoms with E-state index < -0.39 is 26.9 Å². The molecule has 0 aromatic carbocycles. The summed E-state index contributed by atoms with van der Waals surface area (Å²) in [5.41, 5.74) is 5.01. The van der Waals surface area contributed by atoms with E-state index in [-0.39, 0.29) is 5.75 Å². The summed E-state index contributed by atoms with van der Waals surface area (Å²) < 4.78 is 22.1. The van der Waals surface area contributed by atoms with Gasteiger partial charge in [-0.25, -0.2) is 8.42 Å². The third-order valence-corrected chi connectivity index (χ3v) is 4.48. The topological polar surface area (TPSA) is 77.2 Å². The minimum Gasteiger partial charge on any atom is -0.369 e. The second-order valence-electron chi connectivity index (χ2n) is 2.87. The summed E-state index contributed by atoms with van der Waals surface area (Å²) in [5, 5.41) is -0.583. The molecule has 1 aliphatic heterocycles. The van der Waals surface area contributed by atoms with Crippen LogP contribution in [0.2, 0.25) is 0 Å². The third kappa shape index (κ3) is 1.38. The molecule has 64 valence electrons. The van der Waals surface area contributed by atoms with Gasteiger partial charge in [-0.1, -0.05) is 0 Å². The van der Waals surface area contributed by atoms with Crippen LogP contribution in [-0.4, -0.2) is 25.3 Å². The highest BCUT2D eigenvalue weighted by Crippen LogP contribution is 2.25. The maximum absolute atomic E-state index is 11.1. The molecule has 0 bridgehead atoms. The number of nitrogens with two attached hydrogens (primary N) is 1. The Morgan fingerprint density at radius 1 is 1.55 bits per heavy atom. The van der Waals surface area contributed by atoms with Gasteiger partial charge in [0.2, 0.25) is 5.91 Å². The Morgan fingerprint density at radius 2 is 2.09 bits per heavy atom. The molecule has 1 aliphatic rings. The highest BCUT2D eigenvalue weighted by Gasteiger charge is 2.39. The zero-order valence-electron chi connectivity index (χ0n) is 6.28. The second-order valence-corrected chi connectivity index (χ2v) is 5.35. The van der Waals surface area contributed by atoms with Gasteiger partial charge < -0.3 is 5.73 Å². The highest BCUT2D eigenvalue weighted by molar-refractivity contribution is 7.92. The number of primary amides is 1. The average Bonchev–Trinajstić information content (AvgIpc) is 2.09. The number of hydrogen-bond acceptors (Lipinski definition) is 3. The molecule has 4 nitrogen and oxygen atoms in total. The molecule has 0 spiro atoms. The first-order valence-electron chi connectivity index (χ1n) is 3.46. The molecule has 0 aliphatic carbocycles. The van der Waals surface area contributed by atoms with Crippen molar-refractivity contribution in [3.8, 4) is 0 Å². The molecule has 11 heavy (non-hydrogen) atoms. The largest absolute Gasteiger partial charge is 0.369 e. The molecule has 0 aromatic heterocycles. The Bertz CT molecular complexity index is 270. The van der Waals surface area contributed by atoms with Crippen LogP contribution in [0.15, 0.2) is 0 Å². The van der Waals surface area contributed by atoms with Crippen LogP contribution in [0, 0.1) is 5.92 Å². The van der Waals surface area contributed by atoms with Gasteiger partial charge in [0.1, 0.15) is 0 Å². The van der Waals surface area contributed by atoms with Gasteiger partial charge in [0.05, 0.1) is 16.9 Å². The van der Waals surface area contributed by atoms with E-state index in [9.17, 15) is 13.2 Å². The van der Waals surface area contributed by atoms with Crippen LogP contribution in [0.5, 0.6) is 0 Å². The molecule has 1 fully saturated rings. The van der Waals surface area contributed by atoms with Crippen molar-refractivity contribution < 1.29 is 13.2 Å². The van der Waals surface area contributed by atoms with Gasteiger partial charge >= 0.3 is 0 Å². The highest BCUT2D eigenvalue weighted by atomic mass is 32.2. The van der Waals surface area contributed by atoms with Crippen molar-refractivity contribution >= 4 is 15.7 Å². The van der Waals surface area contributed by atoms with Gasteiger partial charge in [0.25, 0.3) is 0 Å². The van der Waals surface area contributed by atoms with Crippen LogP contribution in [0.1, 0.15) is 13.3 Å². The Kier molecular flexibility index (Phi) is 1.92. The first-order chi connectivity index (χ1) is 4.95. The molecule has 2 N–H and O–H groups in total. The number of amides is 1. The second kappa shape index (κ2) is 2.48. The Labute approximate surface area is 65.7 Å². The van der Waals surface area contributed by atoms with Crippen LogP contribution < -0.4 is 5.73 Å². The molecular weight excluding hydrogens is 166 g/mol. The van der Waals surface area contributed by atoms with E-state index in [0.29, 0.717) is 6.42 Å². The van der Waals surface area contributed by atoms with Crippen LogP contribution >= 0.6 is 0 Å². The van der Waals surface area contributed by atoms with Gasteiger partial charge in [0.15, 0.2) is 9.84 Å².